The minimum absolute atomic E-state index is 0.0439. The lowest BCUT2D eigenvalue weighted by Gasteiger charge is -2.27. The van der Waals surface area contributed by atoms with Gasteiger partial charge in [0, 0.05) is 30.9 Å². The molecule has 0 saturated carbocycles. The second kappa shape index (κ2) is 23.4. The number of nitrogens with zero attached hydrogens (tertiary/aromatic N) is 5. The van der Waals surface area contributed by atoms with E-state index in [0.717, 1.165) is 62.6 Å². The van der Waals surface area contributed by atoms with Gasteiger partial charge >= 0.3 is 5.97 Å². The average Bonchev–Trinajstić information content (AvgIpc) is 3.46. The highest BCUT2D eigenvalue weighted by Crippen LogP contribution is 2.35. The lowest BCUT2D eigenvalue weighted by molar-refractivity contribution is -0.138. The minimum atomic E-state index is -1.26. The van der Waals surface area contributed by atoms with Crippen LogP contribution in [0.4, 0.5) is 5.69 Å². The largest absolute Gasteiger partial charge is 0.493 e. The van der Waals surface area contributed by atoms with Gasteiger partial charge in [0.25, 0.3) is 5.91 Å². The van der Waals surface area contributed by atoms with Crippen molar-refractivity contribution >= 4 is 23.6 Å². The molecule has 0 saturated heterocycles. The van der Waals surface area contributed by atoms with Crippen LogP contribution in [0.3, 0.4) is 0 Å². The normalized spacial score (nSPS) is 15.0. The molecule has 2 aromatic rings. The summed E-state index contributed by atoms with van der Waals surface area (Å²) in [5.74, 6) is -0.0537. The van der Waals surface area contributed by atoms with E-state index in [-0.39, 0.29) is 24.3 Å². The van der Waals surface area contributed by atoms with Gasteiger partial charge in [-0.1, -0.05) is 91.0 Å². The van der Waals surface area contributed by atoms with Crippen LogP contribution < -0.4 is 14.4 Å². The van der Waals surface area contributed by atoms with E-state index in [1.807, 2.05) is 66.6 Å². The summed E-state index contributed by atoms with van der Waals surface area (Å²) < 4.78 is 17.9. The molecule has 10 nitrogen and oxygen atoms in total. The van der Waals surface area contributed by atoms with Crippen LogP contribution in [0.15, 0.2) is 71.8 Å². The van der Waals surface area contributed by atoms with E-state index < -0.39 is 23.8 Å². The molecule has 0 aliphatic carbocycles. The maximum atomic E-state index is 14.2. The molecule has 2 aromatic carbocycles. The van der Waals surface area contributed by atoms with E-state index in [1.165, 1.54) is 4.90 Å². The molecule has 56 heavy (non-hydrogen) atoms. The zero-order chi connectivity index (χ0) is 41.0. The van der Waals surface area contributed by atoms with Gasteiger partial charge in [-0.3, -0.25) is 4.79 Å². The molecule has 0 spiro atoms. The summed E-state index contributed by atoms with van der Waals surface area (Å²) in [6.07, 6.45) is 12.0. The number of rotatable bonds is 24. The summed E-state index contributed by atoms with van der Waals surface area (Å²) in [7, 11) is 1.89. The summed E-state index contributed by atoms with van der Waals surface area (Å²) >= 11 is 0. The van der Waals surface area contributed by atoms with E-state index in [9.17, 15) is 25.4 Å². The molecular weight excluding hydrogens is 703 g/mol. The number of carbonyl (C=O) groups excluding carboxylic acids is 2. The summed E-state index contributed by atoms with van der Waals surface area (Å²) in [6, 6.07) is 18.4. The monoisotopic (exact) mass is 761 g/mol. The van der Waals surface area contributed by atoms with Crippen LogP contribution in [-0.2, 0) is 20.9 Å². The van der Waals surface area contributed by atoms with Crippen molar-refractivity contribution in [1.29, 1.82) is 15.8 Å². The first-order valence-electron chi connectivity index (χ1n) is 20.0. The van der Waals surface area contributed by atoms with Crippen molar-refractivity contribution in [2.75, 3.05) is 38.3 Å². The predicted molar refractivity (Wildman–Crippen MR) is 220 cm³/mol. The van der Waals surface area contributed by atoms with E-state index in [0.29, 0.717) is 54.2 Å². The molecule has 1 heterocycles. The number of ether oxygens (including phenoxy) is 3. The molecule has 0 fully saturated rings. The first-order chi connectivity index (χ1) is 27.0. The number of nitriles is 3. The van der Waals surface area contributed by atoms with Crippen molar-refractivity contribution < 1.29 is 23.8 Å². The third kappa shape index (κ3) is 13.1. The third-order valence-corrected chi connectivity index (χ3v) is 10.3. The number of hydrogen-bond donors (Lipinski definition) is 0. The maximum Gasteiger partial charge on any atom is 0.333 e. The van der Waals surface area contributed by atoms with Crippen LogP contribution >= 0.6 is 0 Å². The lowest BCUT2D eigenvalue weighted by Crippen LogP contribution is -2.39. The Balaban J connectivity index is 1.90. The number of unbranched alkanes of at least 4 members (excludes halogenated alkanes) is 2. The molecule has 1 aliphatic heterocycles. The van der Waals surface area contributed by atoms with Crippen molar-refractivity contribution in [2.24, 2.45) is 17.8 Å². The first-order valence-corrected chi connectivity index (χ1v) is 20.0. The molecule has 298 valence electrons. The molecule has 3 rings (SSSR count). The molecule has 3 atom stereocenters. The predicted octanol–water partition coefficient (Wildman–Crippen LogP) is 9.34. The first kappa shape index (κ1) is 44.9. The van der Waals surface area contributed by atoms with E-state index in [4.69, 9.17) is 14.2 Å². The van der Waals surface area contributed by atoms with Crippen LogP contribution in [0.5, 0.6) is 11.5 Å². The van der Waals surface area contributed by atoms with E-state index in [1.54, 1.807) is 19.1 Å². The lowest BCUT2D eigenvalue weighted by atomic mass is 9.94. The average molecular weight is 762 g/mol. The Bertz CT molecular complexity index is 1760. The van der Waals surface area contributed by atoms with Crippen molar-refractivity contribution in [3.05, 3.63) is 83.0 Å². The molecule has 1 amide bonds. The molecule has 3 unspecified atom stereocenters. The number of carbonyl (C=O) groups is 2. The smallest absolute Gasteiger partial charge is 0.333 e. The number of esters is 1. The van der Waals surface area contributed by atoms with E-state index in [2.05, 4.69) is 40.3 Å². The van der Waals surface area contributed by atoms with Crippen LogP contribution in [0.2, 0.25) is 0 Å². The Kier molecular flexibility index (Phi) is 18.7. The van der Waals surface area contributed by atoms with Gasteiger partial charge in [-0.15, -0.1) is 0 Å². The van der Waals surface area contributed by atoms with Gasteiger partial charge in [0.2, 0.25) is 0 Å². The molecular formula is C46H59N5O5. The molecule has 0 aromatic heterocycles. The number of anilines is 1. The fourth-order valence-electron chi connectivity index (χ4n) is 6.54. The number of benzene rings is 2. The second-order valence-corrected chi connectivity index (χ2v) is 14.6. The van der Waals surface area contributed by atoms with Crippen molar-refractivity contribution in [3.63, 3.8) is 0 Å². The fraction of sp³-hybridized carbons (Fsp3) is 0.500. The highest BCUT2D eigenvalue weighted by Gasteiger charge is 2.43. The summed E-state index contributed by atoms with van der Waals surface area (Å²) in [6.45, 7) is 15.8. The summed E-state index contributed by atoms with van der Waals surface area (Å²) in [4.78, 5) is 29.3. The van der Waals surface area contributed by atoms with Crippen LogP contribution in [-0.4, -0.2) is 56.2 Å². The Hall–Kier alpha value is -5.53. The SMILES string of the molecule is C=C(C)C(=O)OCCN(C)c1ccc(/C=C/C2=C(C#N)C(C(C#N)C#N)N(Cc3cc(OCC(CC)CCCC)cc(OCC(CC)CCCC)c3)C2=O)cc1. The van der Waals surface area contributed by atoms with Gasteiger partial charge in [0.15, 0.2) is 5.92 Å². The van der Waals surface area contributed by atoms with Crippen LogP contribution in [0.25, 0.3) is 6.08 Å². The summed E-state index contributed by atoms with van der Waals surface area (Å²) in [5.41, 5.74) is 2.95. The van der Waals surface area contributed by atoms with Gasteiger partial charge in [-0.25, -0.2) is 4.79 Å². The van der Waals surface area contributed by atoms with Gasteiger partial charge in [0.1, 0.15) is 18.1 Å². The third-order valence-electron chi connectivity index (χ3n) is 10.3. The minimum Gasteiger partial charge on any atom is -0.493 e. The number of hydrogen-bond acceptors (Lipinski definition) is 9. The fourth-order valence-corrected chi connectivity index (χ4v) is 6.54. The maximum absolute atomic E-state index is 14.2. The number of likely N-dealkylation sites (N-methyl/N-ethyl adjacent to an activating group) is 1. The van der Waals surface area contributed by atoms with Crippen LogP contribution in [0, 0.1) is 51.7 Å². The quantitative estimate of drug-likeness (QED) is 0.0756. The standard InChI is InChI=1S/C46H59N5O5/c1-8-12-14-34(10-3)31-55-40-24-37(25-41(26-40)56-32-35(11-4)15-13-9-2)30-51-44(38(27-47)28-48)43(29-49)42(45(51)52)21-18-36-16-19-39(20-17-36)50(7)22-23-54-46(53)33(5)6/h16-21,24-26,34-35,38,44H,5,8-15,22-23,30-32H2,1-4,6-7H3/b21-18+. The van der Waals surface area contributed by atoms with Crippen molar-refractivity contribution in [3.8, 4) is 29.7 Å². The Morgan fingerprint density at radius 3 is 1.96 bits per heavy atom. The highest BCUT2D eigenvalue weighted by molar-refractivity contribution is 6.02. The molecule has 10 heteroatoms. The van der Waals surface area contributed by atoms with E-state index >= 15 is 0 Å². The van der Waals surface area contributed by atoms with Crippen molar-refractivity contribution in [1.82, 2.24) is 4.90 Å². The van der Waals surface area contributed by atoms with Gasteiger partial charge in [-0.2, -0.15) is 15.8 Å². The Labute approximate surface area is 334 Å². The zero-order valence-corrected chi connectivity index (χ0v) is 34.2. The van der Waals surface area contributed by atoms with Crippen LogP contribution in [0.1, 0.15) is 97.1 Å². The molecule has 0 radical (unpaired) electrons. The van der Waals surface area contributed by atoms with Gasteiger partial charge in [-0.05, 0) is 73.1 Å². The Morgan fingerprint density at radius 1 is 0.911 bits per heavy atom. The highest BCUT2D eigenvalue weighted by atomic mass is 16.5. The second-order valence-electron chi connectivity index (χ2n) is 14.6. The molecule has 0 N–H and O–H groups in total. The molecule has 0 bridgehead atoms. The summed E-state index contributed by atoms with van der Waals surface area (Å²) in [5, 5.41) is 30.4. The van der Waals surface area contributed by atoms with Gasteiger partial charge < -0.3 is 24.0 Å². The topological polar surface area (TPSA) is 140 Å². The zero-order valence-electron chi connectivity index (χ0n) is 34.2. The Morgan fingerprint density at radius 2 is 1.48 bits per heavy atom. The van der Waals surface area contributed by atoms with Crippen molar-refractivity contribution in [2.45, 2.75) is 98.6 Å². The number of amides is 1. The van der Waals surface area contributed by atoms with Gasteiger partial charge in [0.05, 0.1) is 55.2 Å². The molecule has 1 aliphatic rings.